The number of rotatable bonds is 1. The lowest BCUT2D eigenvalue weighted by molar-refractivity contribution is 1.00. The van der Waals surface area contributed by atoms with Gasteiger partial charge in [0.1, 0.15) is 5.82 Å². The average molecular weight is 150 g/mol. The maximum absolute atomic E-state index is 3.97. The molecule has 0 saturated carbocycles. The van der Waals surface area contributed by atoms with Gasteiger partial charge in [0.05, 0.1) is 6.42 Å². The number of hydrogen-bond acceptors (Lipinski definition) is 3. The summed E-state index contributed by atoms with van der Waals surface area (Å²) in [6.45, 7) is 0. The molecular weight excluding hydrogens is 144 g/mol. The highest BCUT2D eigenvalue weighted by molar-refractivity contribution is 7.85. The normalized spacial score (nSPS) is 8.10. The molecule has 10 heavy (non-hydrogen) atoms. The van der Waals surface area contributed by atoms with E-state index in [1.165, 1.54) is 0 Å². The first-order valence-electron chi connectivity index (χ1n) is 2.81. The lowest BCUT2D eigenvalue weighted by Gasteiger charge is -1.87. The van der Waals surface area contributed by atoms with E-state index in [-0.39, 0.29) is 0 Å². The quantitative estimate of drug-likeness (QED) is 0.475. The second kappa shape index (κ2) is 3.91. The topological polar surface area (TPSA) is 25.8 Å². The van der Waals surface area contributed by atoms with Crippen molar-refractivity contribution in [2.24, 2.45) is 0 Å². The Balaban J connectivity index is 2.64. The van der Waals surface area contributed by atoms with E-state index in [2.05, 4.69) is 33.8 Å². The van der Waals surface area contributed by atoms with E-state index in [0.29, 0.717) is 6.42 Å². The van der Waals surface area contributed by atoms with Crippen molar-refractivity contribution >= 4 is 12.6 Å². The summed E-state index contributed by atoms with van der Waals surface area (Å²) in [6, 6.07) is 1.78. The van der Waals surface area contributed by atoms with Gasteiger partial charge in [0.15, 0.2) is 0 Å². The van der Waals surface area contributed by atoms with Crippen molar-refractivity contribution in [3.8, 4) is 11.2 Å². The Morgan fingerprint density at radius 2 is 2.10 bits per heavy atom. The Bertz CT molecular complexity index is 247. The van der Waals surface area contributed by atoms with Crippen LogP contribution in [-0.4, -0.2) is 9.97 Å². The van der Waals surface area contributed by atoms with Gasteiger partial charge in [0, 0.05) is 12.4 Å². The molecule has 0 amide bonds. The summed E-state index contributed by atoms with van der Waals surface area (Å²) in [6.07, 6.45) is 3.97. The van der Waals surface area contributed by atoms with Crippen molar-refractivity contribution in [3.63, 3.8) is 0 Å². The lowest BCUT2D eigenvalue weighted by atomic mass is 10.4. The Kier molecular flexibility index (Phi) is 2.78. The van der Waals surface area contributed by atoms with Crippen LogP contribution in [0.5, 0.6) is 0 Å². The lowest BCUT2D eigenvalue weighted by Crippen LogP contribution is -1.89. The molecule has 0 saturated heterocycles. The van der Waals surface area contributed by atoms with Crippen LogP contribution in [-0.2, 0) is 6.42 Å². The van der Waals surface area contributed by atoms with E-state index in [9.17, 15) is 0 Å². The molecule has 1 rings (SSSR count). The second-order valence-corrected chi connectivity index (χ2v) is 1.85. The van der Waals surface area contributed by atoms with Crippen LogP contribution in [0.2, 0.25) is 0 Å². The number of nitrogens with zero attached hydrogens (tertiary/aromatic N) is 2. The first-order chi connectivity index (χ1) is 4.93. The summed E-state index contributed by atoms with van der Waals surface area (Å²) in [5.41, 5.74) is 0. The molecule has 0 aliphatic rings. The first-order valence-corrected chi connectivity index (χ1v) is 3.26. The molecule has 0 unspecified atom stereocenters. The van der Waals surface area contributed by atoms with Gasteiger partial charge in [-0.2, -0.15) is 0 Å². The van der Waals surface area contributed by atoms with E-state index in [1.807, 2.05) is 0 Å². The highest BCUT2D eigenvalue weighted by Gasteiger charge is 1.86. The smallest absolute Gasteiger partial charge is 0.140 e. The van der Waals surface area contributed by atoms with Gasteiger partial charge >= 0.3 is 0 Å². The zero-order valence-electron chi connectivity index (χ0n) is 5.28. The molecule has 0 N–H and O–H groups in total. The number of hydrogen-bond donors (Lipinski definition) is 1. The molecular formula is C7H6N2S. The standard InChI is InChI=1S/C7H6N2S/c10-6-1-3-7-8-4-2-5-9-7/h2,4-5,10H,3H2. The summed E-state index contributed by atoms with van der Waals surface area (Å²) >= 11 is 3.73. The van der Waals surface area contributed by atoms with Crippen molar-refractivity contribution in [2.45, 2.75) is 6.42 Å². The van der Waals surface area contributed by atoms with Crippen molar-refractivity contribution < 1.29 is 0 Å². The molecule has 0 bridgehead atoms. The predicted octanol–water partition coefficient (Wildman–Crippen LogP) is 0.910. The molecule has 0 aliphatic carbocycles. The molecule has 1 aromatic heterocycles. The molecule has 1 aromatic rings. The van der Waals surface area contributed by atoms with Crippen molar-refractivity contribution in [1.82, 2.24) is 9.97 Å². The average Bonchev–Trinajstić information content (AvgIpc) is 2.03. The predicted molar refractivity (Wildman–Crippen MR) is 42.5 cm³/mol. The minimum atomic E-state index is 0.574. The van der Waals surface area contributed by atoms with E-state index in [1.54, 1.807) is 18.5 Å². The van der Waals surface area contributed by atoms with Gasteiger partial charge in [-0.25, -0.2) is 9.97 Å². The molecule has 1 heterocycles. The van der Waals surface area contributed by atoms with Gasteiger partial charge in [0.25, 0.3) is 0 Å². The van der Waals surface area contributed by atoms with E-state index >= 15 is 0 Å². The largest absolute Gasteiger partial charge is 0.240 e. The molecule has 3 heteroatoms. The summed E-state index contributed by atoms with van der Waals surface area (Å²) in [5.74, 6) is 3.49. The number of thiol groups is 1. The highest BCUT2D eigenvalue weighted by atomic mass is 32.1. The molecule has 0 atom stereocenters. The molecule has 0 spiro atoms. The first kappa shape index (κ1) is 7.10. The van der Waals surface area contributed by atoms with Crippen LogP contribution < -0.4 is 0 Å². The SMILES string of the molecule is SC#CCc1ncccn1. The molecule has 2 nitrogen and oxygen atoms in total. The zero-order valence-corrected chi connectivity index (χ0v) is 6.18. The third-order valence-electron chi connectivity index (χ3n) is 0.945. The molecule has 0 radical (unpaired) electrons. The molecule has 0 aliphatic heterocycles. The number of aromatic nitrogens is 2. The molecule has 50 valence electrons. The summed E-state index contributed by atoms with van der Waals surface area (Å²) in [7, 11) is 0. The fourth-order valence-electron chi connectivity index (χ4n) is 0.540. The van der Waals surface area contributed by atoms with Crippen molar-refractivity contribution in [2.75, 3.05) is 0 Å². The maximum atomic E-state index is 3.97. The second-order valence-electron chi connectivity index (χ2n) is 1.63. The highest BCUT2D eigenvalue weighted by Crippen LogP contribution is 1.86. The fraction of sp³-hybridized carbons (Fsp3) is 0.143. The Hall–Kier alpha value is -1.01. The van der Waals surface area contributed by atoms with Crippen LogP contribution in [0.4, 0.5) is 0 Å². The van der Waals surface area contributed by atoms with Crippen LogP contribution in [0, 0.1) is 11.2 Å². The maximum Gasteiger partial charge on any atom is 0.140 e. The third kappa shape index (κ3) is 2.08. The zero-order chi connectivity index (χ0) is 7.23. The summed E-state index contributed by atoms with van der Waals surface area (Å²) in [5, 5.41) is 2.48. The summed E-state index contributed by atoms with van der Waals surface area (Å²) < 4.78 is 0. The Labute approximate surface area is 65.1 Å². The Morgan fingerprint density at radius 3 is 2.70 bits per heavy atom. The van der Waals surface area contributed by atoms with Crippen LogP contribution in [0.25, 0.3) is 0 Å². The van der Waals surface area contributed by atoms with Gasteiger partial charge in [-0.05, 0) is 11.3 Å². The summed E-state index contributed by atoms with van der Waals surface area (Å²) in [4.78, 5) is 7.94. The third-order valence-corrected chi connectivity index (χ3v) is 1.10. The van der Waals surface area contributed by atoms with E-state index in [0.717, 1.165) is 5.82 Å². The minimum Gasteiger partial charge on any atom is -0.240 e. The van der Waals surface area contributed by atoms with Crippen LogP contribution in [0.1, 0.15) is 5.82 Å². The minimum absolute atomic E-state index is 0.574. The van der Waals surface area contributed by atoms with Gasteiger partial charge < -0.3 is 0 Å². The van der Waals surface area contributed by atoms with Gasteiger partial charge in [-0.3, -0.25) is 0 Å². The molecule has 0 aromatic carbocycles. The van der Waals surface area contributed by atoms with Crippen LogP contribution >= 0.6 is 12.6 Å². The van der Waals surface area contributed by atoms with E-state index in [4.69, 9.17) is 0 Å². The van der Waals surface area contributed by atoms with Crippen molar-refractivity contribution in [3.05, 3.63) is 24.3 Å². The Morgan fingerprint density at radius 1 is 1.40 bits per heavy atom. The van der Waals surface area contributed by atoms with E-state index < -0.39 is 0 Å². The molecule has 0 fully saturated rings. The van der Waals surface area contributed by atoms with Crippen molar-refractivity contribution in [1.29, 1.82) is 0 Å². The van der Waals surface area contributed by atoms with Gasteiger partial charge in [0.2, 0.25) is 0 Å². The van der Waals surface area contributed by atoms with Gasteiger partial charge in [-0.15, -0.1) is 0 Å². The fourth-order valence-corrected chi connectivity index (χ4v) is 0.619. The van der Waals surface area contributed by atoms with Crippen LogP contribution in [0.3, 0.4) is 0 Å². The monoisotopic (exact) mass is 150 g/mol. The van der Waals surface area contributed by atoms with Crippen LogP contribution in [0.15, 0.2) is 18.5 Å². The van der Waals surface area contributed by atoms with Gasteiger partial charge in [-0.1, -0.05) is 18.5 Å².